The average molecular weight is 228 g/mol. The maximum Gasteiger partial charge on any atom is 0.237 e. The minimum Gasteiger partial charge on any atom is -0.380 e. The number of carbonyl (C=O) groups excluding carboxylic acids is 1. The Balaban J connectivity index is 2.27. The second kappa shape index (κ2) is 6.86. The number of rotatable bonds is 5. The van der Waals surface area contributed by atoms with E-state index in [0.717, 1.165) is 32.5 Å². The van der Waals surface area contributed by atoms with Gasteiger partial charge in [0.15, 0.2) is 0 Å². The Morgan fingerprint density at radius 1 is 1.50 bits per heavy atom. The van der Waals surface area contributed by atoms with Gasteiger partial charge in [-0.3, -0.25) is 4.79 Å². The summed E-state index contributed by atoms with van der Waals surface area (Å²) in [4.78, 5) is 11.8. The number of hydrogen-bond donors (Lipinski definition) is 2. The van der Waals surface area contributed by atoms with E-state index in [1.807, 2.05) is 13.8 Å². The molecule has 1 rings (SSSR count). The van der Waals surface area contributed by atoms with Crippen LogP contribution in [0.1, 0.15) is 40.0 Å². The Morgan fingerprint density at radius 2 is 2.25 bits per heavy atom. The molecule has 0 aromatic carbocycles. The number of amides is 1. The second-order valence-corrected chi connectivity index (χ2v) is 4.62. The zero-order valence-electron chi connectivity index (χ0n) is 10.6. The predicted molar refractivity (Wildman–Crippen MR) is 64.3 cm³/mol. The quantitative estimate of drug-likeness (QED) is 0.739. The first-order valence-electron chi connectivity index (χ1n) is 6.27. The fourth-order valence-corrected chi connectivity index (χ4v) is 1.77. The van der Waals surface area contributed by atoms with E-state index in [-0.39, 0.29) is 18.0 Å². The average Bonchev–Trinajstić information content (AvgIpc) is 2.30. The van der Waals surface area contributed by atoms with E-state index < -0.39 is 0 Å². The lowest BCUT2D eigenvalue weighted by Gasteiger charge is -2.26. The van der Waals surface area contributed by atoms with Crippen LogP contribution in [0.15, 0.2) is 0 Å². The standard InChI is InChI=1S/C12H24N2O2/c1-4-9(2)13-12(15)10(3)14-11-6-5-7-16-8-11/h9-11,14H,4-8H2,1-3H3,(H,13,15). The molecule has 94 valence electrons. The van der Waals surface area contributed by atoms with E-state index in [0.29, 0.717) is 6.04 Å². The van der Waals surface area contributed by atoms with Crippen LogP contribution in [-0.2, 0) is 9.53 Å². The Labute approximate surface area is 98.1 Å². The summed E-state index contributed by atoms with van der Waals surface area (Å²) < 4.78 is 5.37. The van der Waals surface area contributed by atoms with Crippen LogP contribution in [-0.4, -0.2) is 37.2 Å². The van der Waals surface area contributed by atoms with Gasteiger partial charge in [0.1, 0.15) is 0 Å². The normalized spacial score (nSPS) is 24.8. The van der Waals surface area contributed by atoms with Crippen molar-refractivity contribution in [3.05, 3.63) is 0 Å². The third kappa shape index (κ3) is 4.49. The third-order valence-electron chi connectivity index (χ3n) is 3.04. The molecule has 1 saturated heterocycles. The van der Waals surface area contributed by atoms with Crippen LogP contribution in [0, 0.1) is 0 Å². The van der Waals surface area contributed by atoms with Crippen LogP contribution in [0.5, 0.6) is 0 Å². The summed E-state index contributed by atoms with van der Waals surface area (Å²) in [6, 6.07) is 0.437. The van der Waals surface area contributed by atoms with Crippen molar-refractivity contribution in [2.75, 3.05) is 13.2 Å². The first-order chi connectivity index (χ1) is 7.63. The summed E-state index contributed by atoms with van der Waals surface area (Å²) >= 11 is 0. The van der Waals surface area contributed by atoms with E-state index in [1.165, 1.54) is 0 Å². The zero-order chi connectivity index (χ0) is 12.0. The lowest BCUT2D eigenvalue weighted by atomic mass is 10.1. The molecule has 1 fully saturated rings. The minimum atomic E-state index is -0.138. The van der Waals surface area contributed by atoms with Gasteiger partial charge in [-0.2, -0.15) is 0 Å². The van der Waals surface area contributed by atoms with Gasteiger partial charge < -0.3 is 15.4 Å². The van der Waals surface area contributed by atoms with Crippen molar-refractivity contribution in [3.8, 4) is 0 Å². The minimum absolute atomic E-state index is 0.0833. The van der Waals surface area contributed by atoms with E-state index in [2.05, 4.69) is 17.6 Å². The van der Waals surface area contributed by atoms with Crippen molar-refractivity contribution >= 4 is 5.91 Å². The van der Waals surface area contributed by atoms with Crippen molar-refractivity contribution < 1.29 is 9.53 Å². The molecule has 1 amide bonds. The van der Waals surface area contributed by atoms with E-state index in [9.17, 15) is 4.79 Å². The highest BCUT2D eigenvalue weighted by atomic mass is 16.5. The molecule has 1 aliphatic rings. The van der Waals surface area contributed by atoms with Crippen molar-refractivity contribution in [1.82, 2.24) is 10.6 Å². The highest BCUT2D eigenvalue weighted by molar-refractivity contribution is 5.81. The van der Waals surface area contributed by atoms with Gasteiger partial charge >= 0.3 is 0 Å². The monoisotopic (exact) mass is 228 g/mol. The summed E-state index contributed by atoms with van der Waals surface area (Å²) in [7, 11) is 0. The molecule has 1 aliphatic heterocycles. The lowest BCUT2D eigenvalue weighted by Crippen LogP contribution is -2.50. The molecule has 4 nitrogen and oxygen atoms in total. The molecule has 1 heterocycles. The Bertz CT molecular complexity index is 215. The molecule has 0 aliphatic carbocycles. The molecular weight excluding hydrogens is 204 g/mol. The van der Waals surface area contributed by atoms with Crippen LogP contribution in [0.25, 0.3) is 0 Å². The lowest BCUT2D eigenvalue weighted by molar-refractivity contribution is -0.123. The molecule has 16 heavy (non-hydrogen) atoms. The molecule has 0 saturated carbocycles. The van der Waals surface area contributed by atoms with Crippen molar-refractivity contribution in [3.63, 3.8) is 0 Å². The first kappa shape index (κ1) is 13.5. The van der Waals surface area contributed by atoms with E-state index in [1.54, 1.807) is 0 Å². The highest BCUT2D eigenvalue weighted by Crippen LogP contribution is 2.06. The fraction of sp³-hybridized carbons (Fsp3) is 0.917. The summed E-state index contributed by atoms with van der Waals surface area (Å²) in [5.74, 6) is 0.0833. The Morgan fingerprint density at radius 3 is 2.81 bits per heavy atom. The summed E-state index contributed by atoms with van der Waals surface area (Å²) in [6.45, 7) is 7.57. The Kier molecular flexibility index (Phi) is 5.77. The van der Waals surface area contributed by atoms with Crippen LogP contribution >= 0.6 is 0 Å². The SMILES string of the molecule is CCC(C)NC(=O)C(C)NC1CCCOC1. The molecule has 3 unspecified atom stereocenters. The van der Waals surface area contributed by atoms with Crippen LogP contribution < -0.4 is 10.6 Å². The first-order valence-corrected chi connectivity index (χ1v) is 6.27. The molecule has 4 heteroatoms. The van der Waals surface area contributed by atoms with Gasteiger partial charge in [-0.05, 0) is 33.1 Å². The molecule has 0 bridgehead atoms. The molecule has 3 atom stereocenters. The van der Waals surface area contributed by atoms with E-state index in [4.69, 9.17) is 4.74 Å². The zero-order valence-corrected chi connectivity index (χ0v) is 10.6. The van der Waals surface area contributed by atoms with Crippen LogP contribution in [0.2, 0.25) is 0 Å². The number of ether oxygens (including phenoxy) is 1. The smallest absolute Gasteiger partial charge is 0.237 e. The molecule has 2 N–H and O–H groups in total. The molecule has 0 radical (unpaired) electrons. The summed E-state index contributed by atoms with van der Waals surface area (Å²) in [6.07, 6.45) is 3.14. The number of hydrogen-bond acceptors (Lipinski definition) is 3. The van der Waals surface area contributed by atoms with Gasteiger partial charge in [-0.25, -0.2) is 0 Å². The highest BCUT2D eigenvalue weighted by Gasteiger charge is 2.20. The third-order valence-corrected chi connectivity index (χ3v) is 3.04. The van der Waals surface area contributed by atoms with Gasteiger partial charge in [0.05, 0.1) is 12.6 Å². The predicted octanol–water partition coefficient (Wildman–Crippen LogP) is 1.06. The second-order valence-electron chi connectivity index (χ2n) is 4.62. The molecular formula is C12H24N2O2. The maximum absolute atomic E-state index is 11.8. The van der Waals surface area contributed by atoms with Crippen LogP contribution in [0.3, 0.4) is 0 Å². The van der Waals surface area contributed by atoms with Crippen molar-refractivity contribution in [2.24, 2.45) is 0 Å². The molecule has 0 aromatic rings. The number of carbonyl (C=O) groups is 1. The summed E-state index contributed by atoms with van der Waals surface area (Å²) in [5.41, 5.74) is 0. The molecule has 0 aromatic heterocycles. The molecule has 0 spiro atoms. The van der Waals surface area contributed by atoms with Gasteiger partial charge in [0.25, 0.3) is 0 Å². The largest absolute Gasteiger partial charge is 0.380 e. The van der Waals surface area contributed by atoms with Crippen LogP contribution in [0.4, 0.5) is 0 Å². The topological polar surface area (TPSA) is 50.4 Å². The Hall–Kier alpha value is -0.610. The maximum atomic E-state index is 11.8. The van der Waals surface area contributed by atoms with Gasteiger partial charge in [-0.1, -0.05) is 6.92 Å². The van der Waals surface area contributed by atoms with Gasteiger partial charge in [-0.15, -0.1) is 0 Å². The number of nitrogens with one attached hydrogen (secondary N) is 2. The van der Waals surface area contributed by atoms with Crippen molar-refractivity contribution in [1.29, 1.82) is 0 Å². The summed E-state index contributed by atoms with van der Waals surface area (Å²) in [5, 5.41) is 6.29. The fourth-order valence-electron chi connectivity index (χ4n) is 1.77. The van der Waals surface area contributed by atoms with Crippen molar-refractivity contribution in [2.45, 2.75) is 58.2 Å². The van der Waals surface area contributed by atoms with Gasteiger partial charge in [0, 0.05) is 18.7 Å². The van der Waals surface area contributed by atoms with E-state index >= 15 is 0 Å². The van der Waals surface area contributed by atoms with Gasteiger partial charge in [0.2, 0.25) is 5.91 Å².